The third kappa shape index (κ3) is 4.72. The lowest BCUT2D eigenvalue weighted by atomic mass is 10.1. The van der Waals surface area contributed by atoms with E-state index < -0.39 is 0 Å². The molecular formula is C11H15BrN2O2. The first kappa shape index (κ1) is 13.1. The Labute approximate surface area is 104 Å². The quantitative estimate of drug-likeness (QED) is 0.846. The van der Waals surface area contributed by atoms with E-state index in [1.54, 1.807) is 25.4 Å². The van der Waals surface area contributed by atoms with Gasteiger partial charge in [-0.25, -0.2) is 4.98 Å². The third-order valence-corrected chi connectivity index (χ3v) is 2.47. The molecule has 0 aliphatic heterocycles. The lowest BCUT2D eigenvalue weighted by molar-refractivity contribution is -0.117. The number of hydrogen-bond donors (Lipinski definition) is 1. The van der Waals surface area contributed by atoms with Crippen LogP contribution in [0.15, 0.2) is 22.9 Å². The number of anilines is 1. The number of methoxy groups -OCH3 is 1. The van der Waals surface area contributed by atoms with Gasteiger partial charge in [0, 0.05) is 20.1 Å². The van der Waals surface area contributed by atoms with Crippen LogP contribution < -0.4 is 5.32 Å². The lowest BCUT2D eigenvalue weighted by Crippen LogP contribution is -2.17. The number of carbonyl (C=O) groups excluding carboxylic acids is 1. The number of amides is 1. The van der Waals surface area contributed by atoms with E-state index in [-0.39, 0.29) is 11.8 Å². The minimum absolute atomic E-state index is 0.0197. The van der Waals surface area contributed by atoms with Crippen molar-refractivity contribution >= 4 is 27.5 Å². The molecule has 1 heterocycles. The van der Waals surface area contributed by atoms with Gasteiger partial charge < -0.3 is 10.1 Å². The van der Waals surface area contributed by atoms with Crippen LogP contribution in [0.1, 0.15) is 13.3 Å². The van der Waals surface area contributed by atoms with Crippen molar-refractivity contribution in [1.82, 2.24) is 4.98 Å². The van der Waals surface area contributed by atoms with E-state index in [9.17, 15) is 4.79 Å². The molecule has 1 aromatic heterocycles. The Morgan fingerprint density at radius 2 is 2.38 bits per heavy atom. The summed E-state index contributed by atoms with van der Waals surface area (Å²) in [6, 6.07) is 3.59. The van der Waals surface area contributed by atoms with Crippen LogP contribution in [0.3, 0.4) is 0 Å². The van der Waals surface area contributed by atoms with E-state index in [4.69, 9.17) is 4.74 Å². The van der Waals surface area contributed by atoms with Crippen molar-refractivity contribution in [3.05, 3.63) is 22.9 Å². The largest absolute Gasteiger partial charge is 0.384 e. The predicted molar refractivity (Wildman–Crippen MR) is 66.2 cm³/mol. The Bertz CT molecular complexity index is 340. The van der Waals surface area contributed by atoms with Crippen molar-refractivity contribution in [2.24, 2.45) is 5.92 Å². The molecule has 4 nitrogen and oxygen atoms in total. The monoisotopic (exact) mass is 286 g/mol. The van der Waals surface area contributed by atoms with Crippen molar-refractivity contribution in [3.8, 4) is 0 Å². The maximum absolute atomic E-state index is 11.6. The molecule has 1 aromatic rings. The molecule has 88 valence electrons. The van der Waals surface area contributed by atoms with Gasteiger partial charge in [-0.05, 0) is 34.0 Å². The highest BCUT2D eigenvalue weighted by atomic mass is 79.9. The zero-order chi connectivity index (χ0) is 12.0. The highest BCUT2D eigenvalue weighted by Gasteiger charge is 2.09. The van der Waals surface area contributed by atoms with Gasteiger partial charge in [0.05, 0.1) is 11.9 Å². The molecule has 1 N–H and O–H groups in total. The van der Waals surface area contributed by atoms with E-state index in [1.807, 2.05) is 6.92 Å². The number of rotatable bonds is 5. The van der Waals surface area contributed by atoms with Gasteiger partial charge in [0.15, 0.2) is 0 Å². The van der Waals surface area contributed by atoms with E-state index in [0.717, 1.165) is 4.60 Å². The number of nitrogens with one attached hydrogen (secondary N) is 1. The average molecular weight is 287 g/mol. The second-order valence-electron chi connectivity index (χ2n) is 3.68. The maximum atomic E-state index is 11.6. The zero-order valence-electron chi connectivity index (χ0n) is 9.37. The standard InChI is InChI=1S/C11H15BrN2O2/c1-8(7-16-2)5-11(15)14-9-3-4-10(12)13-6-9/h3-4,6,8H,5,7H2,1-2H3,(H,14,15). The molecule has 0 saturated carbocycles. The summed E-state index contributed by atoms with van der Waals surface area (Å²) >= 11 is 3.23. The van der Waals surface area contributed by atoms with Crippen LogP contribution >= 0.6 is 15.9 Å². The molecule has 5 heteroatoms. The molecule has 1 unspecified atom stereocenters. The van der Waals surface area contributed by atoms with Gasteiger partial charge in [0.1, 0.15) is 4.60 Å². The fourth-order valence-corrected chi connectivity index (χ4v) is 1.56. The van der Waals surface area contributed by atoms with E-state index in [0.29, 0.717) is 18.7 Å². The van der Waals surface area contributed by atoms with Gasteiger partial charge in [0.2, 0.25) is 5.91 Å². The second-order valence-corrected chi connectivity index (χ2v) is 4.49. The number of nitrogens with zero attached hydrogens (tertiary/aromatic N) is 1. The Balaban J connectivity index is 2.42. The van der Waals surface area contributed by atoms with Crippen LogP contribution in [0.5, 0.6) is 0 Å². The van der Waals surface area contributed by atoms with Gasteiger partial charge in [-0.2, -0.15) is 0 Å². The number of aromatic nitrogens is 1. The summed E-state index contributed by atoms with van der Waals surface area (Å²) in [7, 11) is 1.63. The maximum Gasteiger partial charge on any atom is 0.224 e. The molecule has 0 aliphatic rings. The Kier molecular flexibility index (Phi) is 5.42. The Morgan fingerprint density at radius 1 is 1.62 bits per heavy atom. The van der Waals surface area contributed by atoms with E-state index >= 15 is 0 Å². The molecule has 1 rings (SSSR count). The van der Waals surface area contributed by atoms with Crippen LogP contribution in [0.2, 0.25) is 0 Å². The highest BCUT2D eigenvalue weighted by molar-refractivity contribution is 9.10. The predicted octanol–water partition coefficient (Wildman–Crippen LogP) is 2.46. The number of pyridine rings is 1. The minimum Gasteiger partial charge on any atom is -0.384 e. The van der Waals surface area contributed by atoms with Crippen LogP contribution in [-0.2, 0) is 9.53 Å². The van der Waals surface area contributed by atoms with E-state index in [2.05, 4.69) is 26.2 Å². The van der Waals surface area contributed by atoms with Crippen LogP contribution in [0.25, 0.3) is 0 Å². The van der Waals surface area contributed by atoms with Crippen LogP contribution in [0, 0.1) is 5.92 Å². The smallest absolute Gasteiger partial charge is 0.224 e. The van der Waals surface area contributed by atoms with Gasteiger partial charge in [-0.3, -0.25) is 4.79 Å². The number of ether oxygens (including phenoxy) is 1. The first-order chi connectivity index (χ1) is 7.61. The third-order valence-electron chi connectivity index (χ3n) is 2.00. The zero-order valence-corrected chi connectivity index (χ0v) is 11.0. The molecule has 0 saturated heterocycles. The van der Waals surface area contributed by atoms with Crippen molar-refractivity contribution < 1.29 is 9.53 Å². The molecule has 0 fully saturated rings. The molecule has 1 atom stereocenters. The summed E-state index contributed by atoms with van der Waals surface area (Å²) in [5.74, 6) is 0.196. The summed E-state index contributed by atoms with van der Waals surface area (Å²) in [6.45, 7) is 2.56. The van der Waals surface area contributed by atoms with Crippen molar-refractivity contribution in [2.75, 3.05) is 19.0 Å². The summed E-state index contributed by atoms with van der Waals surface area (Å²) in [4.78, 5) is 15.6. The van der Waals surface area contributed by atoms with Gasteiger partial charge in [-0.15, -0.1) is 0 Å². The fraction of sp³-hybridized carbons (Fsp3) is 0.455. The van der Waals surface area contributed by atoms with Gasteiger partial charge in [0.25, 0.3) is 0 Å². The Hall–Kier alpha value is -0.940. The topological polar surface area (TPSA) is 51.2 Å². The molecule has 0 spiro atoms. The number of hydrogen-bond acceptors (Lipinski definition) is 3. The van der Waals surface area contributed by atoms with Gasteiger partial charge >= 0.3 is 0 Å². The molecule has 0 aliphatic carbocycles. The minimum atomic E-state index is -0.0197. The molecular weight excluding hydrogens is 272 g/mol. The van der Waals surface area contributed by atoms with Crippen LogP contribution in [-0.4, -0.2) is 24.6 Å². The van der Waals surface area contributed by atoms with Crippen molar-refractivity contribution in [2.45, 2.75) is 13.3 Å². The molecule has 1 amide bonds. The van der Waals surface area contributed by atoms with Crippen molar-refractivity contribution in [3.63, 3.8) is 0 Å². The molecule has 0 aromatic carbocycles. The summed E-state index contributed by atoms with van der Waals surface area (Å²) < 4.78 is 5.72. The van der Waals surface area contributed by atoms with Gasteiger partial charge in [-0.1, -0.05) is 6.92 Å². The molecule has 16 heavy (non-hydrogen) atoms. The molecule has 0 radical (unpaired) electrons. The SMILES string of the molecule is COCC(C)CC(=O)Nc1ccc(Br)nc1. The normalized spacial score (nSPS) is 12.2. The Morgan fingerprint density at radius 3 is 2.94 bits per heavy atom. The van der Waals surface area contributed by atoms with Crippen LogP contribution in [0.4, 0.5) is 5.69 Å². The number of halogens is 1. The lowest BCUT2D eigenvalue weighted by Gasteiger charge is -2.10. The first-order valence-corrected chi connectivity index (χ1v) is 5.81. The second kappa shape index (κ2) is 6.60. The molecule has 0 bridgehead atoms. The summed E-state index contributed by atoms with van der Waals surface area (Å²) in [5, 5.41) is 2.78. The van der Waals surface area contributed by atoms with E-state index in [1.165, 1.54) is 0 Å². The average Bonchev–Trinajstić information content (AvgIpc) is 2.21. The highest BCUT2D eigenvalue weighted by Crippen LogP contribution is 2.11. The van der Waals surface area contributed by atoms with Crippen molar-refractivity contribution in [1.29, 1.82) is 0 Å². The summed E-state index contributed by atoms with van der Waals surface area (Å²) in [5.41, 5.74) is 0.706. The number of carbonyl (C=O) groups is 1. The first-order valence-electron chi connectivity index (χ1n) is 5.02. The fourth-order valence-electron chi connectivity index (χ4n) is 1.32. The summed E-state index contributed by atoms with van der Waals surface area (Å²) in [6.07, 6.45) is 2.06.